The van der Waals surface area contributed by atoms with Gasteiger partial charge in [0.15, 0.2) is 17.3 Å². The molecule has 0 aromatic heterocycles. The zero-order valence-corrected chi connectivity index (χ0v) is 17.2. The summed E-state index contributed by atoms with van der Waals surface area (Å²) in [5.41, 5.74) is 1.26. The van der Waals surface area contributed by atoms with Crippen LogP contribution in [0.5, 0.6) is 17.2 Å². The monoisotopic (exact) mass is 410 g/mol. The number of carbonyl (C=O) groups is 2. The molecule has 2 aliphatic rings. The first-order valence-electron chi connectivity index (χ1n) is 10.3. The van der Waals surface area contributed by atoms with Crippen LogP contribution in [-0.4, -0.2) is 42.7 Å². The zero-order valence-electron chi connectivity index (χ0n) is 17.2. The van der Waals surface area contributed by atoms with Gasteiger partial charge in [-0.05, 0) is 51.0 Å². The number of likely N-dealkylation sites (tertiary alicyclic amines) is 1. The lowest BCUT2D eigenvalue weighted by Gasteiger charge is -2.32. The quantitative estimate of drug-likeness (QED) is 0.743. The molecule has 2 amide bonds. The van der Waals surface area contributed by atoms with E-state index in [4.69, 9.17) is 14.2 Å². The molecule has 1 N–H and O–H groups in total. The van der Waals surface area contributed by atoms with Crippen molar-refractivity contribution in [3.8, 4) is 17.2 Å². The van der Waals surface area contributed by atoms with Gasteiger partial charge in [-0.25, -0.2) is 4.79 Å². The Morgan fingerprint density at radius 1 is 1.13 bits per heavy atom. The number of fused-ring (bicyclic) bond motifs is 1. The number of urea groups is 1. The smallest absolute Gasteiger partial charge is 0.321 e. The Kier molecular flexibility index (Phi) is 5.79. The Balaban J connectivity index is 1.40. The number of carbonyl (C=O) groups excluding carboxylic acids is 2. The van der Waals surface area contributed by atoms with Gasteiger partial charge in [0.1, 0.15) is 5.75 Å². The number of Topliss-reactive ketones (excluding diaryl/α,β-unsaturated/α-hetero) is 1. The number of ether oxygens (including phenoxy) is 3. The van der Waals surface area contributed by atoms with Gasteiger partial charge in [-0.1, -0.05) is 12.1 Å². The van der Waals surface area contributed by atoms with E-state index < -0.39 is 0 Å². The Morgan fingerprint density at radius 3 is 2.80 bits per heavy atom. The molecule has 0 unspecified atom stereocenters. The van der Waals surface area contributed by atoms with Crippen LogP contribution < -0.4 is 19.5 Å². The third-order valence-electron chi connectivity index (χ3n) is 5.19. The number of nitrogens with one attached hydrogen (secondary N) is 1. The first kappa shape index (κ1) is 20.1. The van der Waals surface area contributed by atoms with Gasteiger partial charge in [-0.2, -0.15) is 0 Å². The van der Waals surface area contributed by atoms with Crippen molar-refractivity contribution in [1.82, 2.24) is 4.90 Å². The molecule has 7 heteroatoms. The molecule has 2 aromatic carbocycles. The molecule has 1 fully saturated rings. The van der Waals surface area contributed by atoms with Crippen LogP contribution in [0.2, 0.25) is 0 Å². The molecule has 158 valence electrons. The van der Waals surface area contributed by atoms with E-state index in [1.165, 1.54) is 0 Å². The fraction of sp³-hybridized carbons (Fsp3) is 0.391. The number of hydrogen-bond donors (Lipinski definition) is 1. The Morgan fingerprint density at radius 2 is 1.97 bits per heavy atom. The van der Waals surface area contributed by atoms with Crippen LogP contribution in [0.15, 0.2) is 42.5 Å². The van der Waals surface area contributed by atoms with Gasteiger partial charge in [0.2, 0.25) is 6.79 Å². The number of piperidine rings is 1. The molecule has 0 bridgehead atoms. The Labute approximate surface area is 175 Å². The van der Waals surface area contributed by atoms with Gasteiger partial charge in [0, 0.05) is 36.3 Å². The predicted octanol–water partition coefficient (Wildman–Crippen LogP) is 4.33. The van der Waals surface area contributed by atoms with Gasteiger partial charge in [0.25, 0.3) is 0 Å². The fourth-order valence-electron chi connectivity index (χ4n) is 3.78. The molecule has 0 radical (unpaired) electrons. The zero-order chi connectivity index (χ0) is 21.1. The topological polar surface area (TPSA) is 77.1 Å². The van der Waals surface area contributed by atoms with Crippen molar-refractivity contribution in [1.29, 1.82) is 0 Å². The minimum atomic E-state index is -0.226. The predicted molar refractivity (Wildman–Crippen MR) is 112 cm³/mol. The van der Waals surface area contributed by atoms with E-state index in [1.807, 2.05) is 26.0 Å². The molecule has 0 saturated carbocycles. The number of benzene rings is 2. The van der Waals surface area contributed by atoms with Crippen molar-refractivity contribution < 1.29 is 23.8 Å². The van der Waals surface area contributed by atoms with Crippen LogP contribution in [0.4, 0.5) is 10.5 Å². The third-order valence-corrected chi connectivity index (χ3v) is 5.19. The van der Waals surface area contributed by atoms with Crippen LogP contribution in [0.25, 0.3) is 0 Å². The molecule has 0 aliphatic carbocycles. The normalized spacial score (nSPS) is 17.7. The van der Waals surface area contributed by atoms with Crippen molar-refractivity contribution in [3.63, 3.8) is 0 Å². The third kappa shape index (κ3) is 4.50. The maximum absolute atomic E-state index is 13.0. The van der Waals surface area contributed by atoms with Gasteiger partial charge in [-0.15, -0.1) is 0 Å². The highest BCUT2D eigenvalue weighted by Crippen LogP contribution is 2.34. The first-order chi connectivity index (χ1) is 14.5. The van der Waals surface area contributed by atoms with Gasteiger partial charge in [0.05, 0.1) is 6.10 Å². The van der Waals surface area contributed by atoms with Gasteiger partial charge >= 0.3 is 6.03 Å². The molecule has 2 aromatic rings. The first-order valence-corrected chi connectivity index (χ1v) is 10.3. The lowest BCUT2D eigenvalue weighted by molar-refractivity contribution is 0.0850. The minimum absolute atomic E-state index is 0.0420. The second-order valence-electron chi connectivity index (χ2n) is 7.84. The summed E-state index contributed by atoms with van der Waals surface area (Å²) in [5, 5.41) is 2.89. The fourth-order valence-corrected chi connectivity index (χ4v) is 3.78. The molecule has 2 heterocycles. The summed E-state index contributed by atoms with van der Waals surface area (Å²) in [6.07, 6.45) is 1.59. The average molecular weight is 410 g/mol. The Bertz CT molecular complexity index is 943. The number of anilines is 1. The van der Waals surface area contributed by atoms with Gasteiger partial charge in [-0.3, -0.25) is 4.79 Å². The summed E-state index contributed by atoms with van der Waals surface area (Å²) in [4.78, 5) is 27.5. The van der Waals surface area contributed by atoms with Crippen LogP contribution in [0.1, 0.15) is 37.0 Å². The highest BCUT2D eigenvalue weighted by atomic mass is 16.7. The van der Waals surface area contributed by atoms with E-state index in [-0.39, 0.29) is 30.6 Å². The number of amides is 2. The van der Waals surface area contributed by atoms with E-state index in [1.54, 1.807) is 35.2 Å². The molecule has 1 atom stereocenters. The molecule has 30 heavy (non-hydrogen) atoms. The summed E-state index contributed by atoms with van der Waals surface area (Å²) < 4.78 is 16.4. The lowest BCUT2D eigenvalue weighted by Crippen LogP contribution is -2.44. The number of hydrogen-bond acceptors (Lipinski definition) is 5. The van der Waals surface area contributed by atoms with Crippen LogP contribution >= 0.6 is 0 Å². The minimum Gasteiger partial charge on any atom is -0.491 e. The largest absolute Gasteiger partial charge is 0.491 e. The summed E-state index contributed by atoms with van der Waals surface area (Å²) in [6.45, 7) is 5.10. The van der Waals surface area contributed by atoms with E-state index >= 15 is 0 Å². The molecule has 1 saturated heterocycles. The molecule has 7 nitrogen and oxygen atoms in total. The van der Waals surface area contributed by atoms with E-state index in [9.17, 15) is 9.59 Å². The highest BCUT2D eigenvalue weighted by molar-refractivity contribution is 5.99. The van der Waals surface area contributed by atoms with Crippen molar-refractivity contribution >= 4 is 17.5 Å². The Hall–Kier alpha value is -3.22. The standard InChI is InChI=1S/C23H26N2O5/c1-15(2)30-19-7-3-5-16(11-19)22(26)17-6-4-10-25(13-17)23(27)24-18-8-9-20-21(12-18)29-14-28-20/h3,5,7-9,11-12,15,17H,4,6,10,13-14H2,1-2H3,(H,24,27)/t17-/m0/s1. The van der Waals surface area contributed by atoms with Crippen molar-refractivity contribution in [2.45, 2.75) is 32.8 Å². The maximum atomic E-state index is 13.0. The van der Waals surface area contributed by atoms with Crippen molar-refractivity contribution in [3.05, 3.63) is 48.0 Å². The molecule has 4 rings (SSSR count). The molecular weight excluding hydrogens is 384 g/mol. The highest BCUT2D eigenvalue weighted by Gasteiger charge is 2.29. The maximum Gasteiger partial charge on any atom is 0.321 e. The second-order valence-corrected chi connectivity index (χ2v) is 7.84. The molecule has 2 aliphatic heterocycles. The van der Waals surface area contributed by atoms with Crippen LogP contribution in [-0.2, 0) is 0 Å². The number of ketones is 1. The SMILES string of the molecule is CC(C)Oc1cccc(C(=O)[C@H]2CCCN(C(=O)Nc3ccc4c(c3)OCO4)C2)c1. The number of rotatable bonds is 5. The summed E-state index contributed by atoms with van der Waals surface area (Å²) in [6, 6.07) is 12.3. The van der Waals surface area contributed by atoms with E-state index in [0.717, 1.165) is 12.8 Å². The van der Waals surface area contributed by atoms with E-state index in [2.05, 4.69) is 5.32 Å². The second kappa shape index (κ2) is 8.65. The average Bonchev–Trinajstić information content (AvgIpc) is 3.21. The van der Waals surface area contributed by atoms with Gasteiger partial charge < -0.3 is 24.4 Å². The van der Waals surface area contributed by atoms with Crippen LogP contribution in [0.3, 0.4) is 0 Å². The van der Waals surface area contributed by atoms with Crippen LogP contribution in [0, 0.1) is 5.92 Å². The van der Waals surface area contributed by atoms with E-state index in [0.29, 0.717) is 41.6 Å². The molecular formula is C23H26N2O5. The van der Waals surface area contributed by atoms with Crippen molar-refractivity contribution in [2.75, 3.05) is 25.2 Å². The summed E-state index contributed by atoms with van der Waals surface area (Å²) in [5.74, 6) is 1.78. The number of nitrogens with zero attached hydrogens (tertiary/aromatic N) is 1. The summed E-state index contributed by atoms with van der Waals surface area (Å²) >= 11 is 0. The lowest BCUT2D eigenvalue weighted by atomic mass is 9.90. The molecule has 0 spiro atoms. The van der Waals surface area contributed by atoms with Crippen molar-refractivity contribution in [2.24, 2.45) is 5.92 Å². The summed E-state index contributed by atoms with van der Waals surface area (Å²) in [7, 11) is 0.